The zero-order chi connectivity index (χ0) is 14.1. The maximum atomic E-state index is 12.4. The zero-order valence-electron chi connectivity index (χ0n) is 11.8. The molecule has 3 saturated heterocycles. The second-order valence-electron chi connectivity index (χ2n) is 6.28. The molecule has 1 unspecified atom stereocenters. The lowest BCUT2D eigenvalue weighted by Crippen LogP contribution is -2.61. The van der Waals surface area contributed by atoms with Crippen LogP contribution >= 0.6 is 0 Å². The van der Waals surface area contributed by atoms with Gasteiger partial charge in [0, 0.05) is 44.7 Å². The molecule has 0 aromatic heterocycles. The molecule has 20 heavy (non-hydrogen) atoms. The number of carbonyl (C=O) groups excluding carboxylic acids is 1. The Morgan fingerprint density at radius 1 is 1.00 bits per heavy atom. The van der Waals surface area contributed by atoms with E-state index in [0.717, 1.165) is 19.6 Å². The van der Waals surface area contributed by atoms with Crippen LogP contribution in [-0.2, 0) is 4.79 Å². The van der Waals surface area contributed by atoms with Crippen LogP contribution in [0.1, 0.15) is 25.7 Å². The lowest BCUT2D eigenvalue weighted by Gasteiger charge is -2.47. The molecule has 3 aliphatic rings. The van der Waals surface area contributed by atoms with Crippen molar-refractivity contribution in [2.24, 2.45) is 5.92 Å². The monoisotopic (exact) mass is 281 g/mol. The molecule has 3 rings (SSSR count). The van der Waals surface area contributed by atoms with Crippen molar-refractivity contribution in [2.45, 2.75) is 31.7 Å². The number of nitrogens with zero attached hydrogens (tertiary/aromatic N) is 3. The van der Waals surface area contributed by atoms with Crippen LogP contribution in [0.2, 0.25) is 0 Å². The second-order valence-corrected chi connectivity index (χ2v) is 6.28. The fourth-order valence-corrected chi connectivity index (χ4v) is 3.63. The van der Waals surface area contributed by atoms with Crippen LogP contribution in [0.5, 0.6) is 0 Å². The summed E-state index contributed by atoms with van der Waals surface area (Å²) in [4.78, 5) is 29.3. The fourth-order valence-electron chi connectivity index (χ4n) is 3.63. The van der Waals surface area contributed by atoms with Gasteiger partial charge in [-0.2, -0.15) is 0 Å². The van der Waals surface area contributed by atoms with E-state index in [1.54, 1.807) is 4.90 Å². The molecule has 6 nitrogen and oxygen atoms in total. The van der Waals surface area contributed by atoms with Gasteiger partial charge in [-0.05, 0) is 19.4 Å². The Morgan fingerprint density at radius 3 is 2.55 bits per heavy atom. The topological polar surface area (TPSA) is 64.1 Å². The Morgan fingerprint density at radius 2 is 1.80 bits per heavy atom. The van der Waals surface area contributed by atoms with E-state index < -0.39 is 5.97 Å². The van der Waals surface area contributed by atoms with Gasteiger partial charge >= 0.3 is 12.0 Å². The summed E-state index contributed by atoms with van der Waals surface area (Å²) in [6, 6.07) is 0.648. The van der Waals surface area contributed by atoms with Crippen LogP contribution in [0.15, 0.2) is 0 Å². The van der Waals surface area contributed by atoms with Crippen LogP contribution in [-0.4, -0.2) is 77.1 Å². The molecular weight excluding hydrogens is 258 g/mol. The summed E-state index contributed by atoms with van der Waals surface area (Å²) < 4.78 is 0. The fraction of sp³-hybridized carbons (Fsp3) is 0.857. The van der Waals surface area contributed by atoms with Crippen LogP contribution in [0.4, 0.5) is 4.79 Å². The van der Waals surface area contributed by atoms with Crippen molar-refractivity contribution in [3.63, 3.8) is 0 Å². The van der Waals surface area contributed by atoms with E-state index >= 15 is 0 Å². The van der Waals surface area contributed by atoms with Crippen LogP contribution < -0.4 is 0 Å². The summed E-state index contributed by atoms with van der Waals surface area (Å²) in [5.41, 5.74) is 0. The standard InChI is InChI=1S/C14H23N3O3/c18-13(19)7-11-8-17(9-11)14(20)16-6-5-15-4-2-1-3-12(15)10-16/h11-12H,1-10H2,(H,18,19). The highest BCUT2D eigenvalue weighted by atomic mass is 16.4. The Hall–Kier alpha value is -1.30. The van der Waals surface area contributed by atoms with Gasteiger partial charge < -0.3 is 14.9 Å². The largest absolute Gasteiger partial charge is 0.481 e. The quantitative estimate of drug-likeness (QED) is 0.808. The summed E-state index contributed by atoms with van der Waals surface area (Å²) in [5.74, 6) is -0.620. The second kappa shape index (κ2) is 5.60. The van der Waals surface area contributed by atoms with Gasteiger partial charge in [0.15, 0.2) is 0 Å². The van der Waals surface area contributed by atoms with Gasteiger partial charge in [0.05, 0.1) is 6.42 Å². The van der Waals surface area contributed by atoms with Crippen LogP contribution in [0.25, 0.3) is 0 Å². The molecule has 3 aliphatic heterocycles. The molecule has 0 radical (unpaired) electrons. The number of piperazine rings is 1. The van der Waals surface area contributed by atoms with Crippen molar-refractivity contribution >= 4 is 12.0 Å². The summed E-state index contributed by atoms with van der Waals surface area (Å²) >= 11 is 0. The third-order valence-corrected chi connectivity index (χ3v) is 4.80. The molecular formula is C14H23N3O3. The molecule has 0 saturated carbocycles. The zero-order valence-corrected chi connectivity index (χ0v) is 11.8. The van der Waals surface area contributed by atoms with Gasteiger partial charge in [0.25, 0.3) is 0 Å². The van der Waals surface area contributed by atoms with E-state index in [-0.39, 0.29) is 18.4 Å². The summed E-state index contributed by atoms with van der Waals surface area (Å²) in [5, 5.41) is 8.73. The first-order valence-corrected chi connectivity index (χ1v) is 7.63. The molecule has 1 N–H and O–H groups in total. The number of carboxylic acids is 1. The van der Waals surface area contributed by atoms with Crippen molar-refractivity contribution < 1.29 is 14.7 Å². The predicted molar refractivity (Wildman–Crippen MR) is 73.5 cm³/mol. The van der Waals surface area contributed by atoms with E-state index in [1.165, 1.54) is 25.8 Å². The first kappa shape index (κ1) is 13.7. The Labute approximate surface area is 119 Å². The van der Waals surface area contributed by atoms with E-state index in [9.17, 15) is 9.59 Å². The third-order valence-electron chi connectivity index (χ3n) is 4.80. The maximum Gasteiger partial charge on any atom is 0.320 e. The molecule has 1 atom stereocenters. The van der Waals surface area contributed by atoms with Crippen molar-refractivity contribution in [3.05, 3.63) is 0 Å². The Balaban J connectivity index is 1.48. The van der Waals surface area contributed by atoms with Gasteiger partial charge in [0.2, 0.25) is 0 Å². The van der Waals surface area contributed by atoms with Gasteiger partial charge in [-0.3, -0.25) is 9.69 Å². The molecule has 3 fully saturated rings. The molecule has 3 heterocycles. The highest BCUT2D eigenvalue weighted by Crippen LogP contribution is 2.24. The van der Waals surface area contributed by atoms with Gasteiger partial charge in [-0.1, -0.05) is 6.42 Å². The third kappa shape index (κ3) is 2.75. The lowest BCUT2D eigenvalue weighted by molar-refractivity contribution is -0.139. The highest BCUT2D eigenvalue weighted by molar-refractivity contribution is 5.76. The number of hydrogen-bond donors (Lipinski definition) is 1. The molecule has 0 spiro atoms. The van der Waals surface area contributed by atoms with Gasteiger partial charge in [-0.25, -0.2) is 4.79 Å². The predicted octanol–water partition coefficient (Wildman–Crippen LogP) is 0.683. The minimum atomic E-state index is -0.766. The smallest absolute Gasteiger partial charge is 0.320 e. The van der Waals surface area contributed by atoms with Gasteiger partial charge in [-0.15, -0.1) is 0 Å². The highest BCUT2D eigenvalue weighted by Gasteiger charge is 2.37. The van der Waals surface area contributed by atoms with E-state index in [4.69, 9.17) is 5.11 Å². The number of urea groups is 1. The molecule has 0 aromatic rings. The molecule has 112 valence electrons. The maximum absolute atomic E-state index is 12.4. The molecule has 0 bridgehead atoms. The first-order valence-electron chi connectivity index (χ1n) is 7.63. The minimum Gasteiger partial charge on any atom is -0.481 e. The number of aliphatic carboxylic acids is 1. The van der Waals surface area contributed by atoms with E-state index in [0.29, 0.717) is 19.1 Å². The average Bonchev–Trinajstić information content (AvgIpc) is 2.41. The SMILES string of the molecule is O=C(O)CC1CN(C(=O)N2CCN3CCCCC3C2)C1. The number of likely N-dealkylation sites (tertiary alicyclic amines) is 1. The first-order chi connectivity index (χ1) is 9.63. The number of carbonyl (C=O) groups is 2. The molecule has 0 aliphatic carbocycles. The van der Waals surface area contributed by atoms with Crippen LogP contribution in [0, 0.1) is 5.92 Å². The van der Waals surface area contributed by atoms with E-state index in [1.807, 2.05) is 4.90 Å². The van der Waals surface area contributed by atoms with Crippen LogP contribution in [0.3, 0.4) is 0 Å². The number of rotatable bonds is 2. The normalized spacial score (nSPS) is 27.9. The Bertz CT molecular complexity index is 395. The number of amides is 2. The van der Waals surface area contributed by atoms with E-state index in [2.05, 4.69) is 4.90 Å². The molecule has 0 aromatic carbocycles. The summed E-state index contributed by atoms with van der Waals surface area (Å²) in [6.07, 6.45) is 3.94. The average molecular weight is 281 g/mol. The van der Waals surface area contributed by atoms with Crippen molar-refractivity contribution in [1.29, 1.82) is 0 Å². The number of piperidine rings is 1. The van der Waals surface area contributed by atoms with Crippen molar-refractivity contribution in [3.8, 4) is 0 Å². The summed E-state index contributed by atoms with van der Waals surface area (Å²) in [7, 11) is 0. The molecule has 2 amide bonds. The number of fused-ring (bicyclic) bond motifs is 1. The number of carboxylic acid groups (broad SMARTS) is 1. The Kier molecular flexibility index (Phi) is 3.83. The lowest BCUT2D eigenvalue weighted by atomic mass is 9.96. The van der Waals surface area contributed by atoms with Crippen molar-refractivity contribution in [2.75, 3.05) is 39.3 Å². The minimum absolute atomic E-state index is 0.108. The van der Waals surface area contributed by atoms with Gasteiger partial charge in [0.1, 0.15) is 0 Å². The molecule has 6 heteroatoms. The number of hydrogen-bond acceptors (Lipinski definition) is 3. The summed E-state index contributed by atoms with van der Waals surface area (Å²) in [6.45, 7) is 5.04. The van der Waals surface area contributed by atoms with Crippen molar-refractivity contribution in [1.82, 2.24) is 14.7 Å².